The monoisotopic (exact) mass is 410 g/mol. The van der Waals surface area contributed by atoms with Crippen LogP contribution in [-0.2, 0) is 22.2 Å². The van der Waals surface area contributed by atoms with Crippen molar-refractivity contribution in [3.8, 4) is 0 Å². The highest BCUT2D eigenvalue weighted by molar-refractivity contribution is 7.98. The zero-order chi connectivity index (χ0) is 18.7. The van der Waals surface area contributed by atoms with Crippen LogP contribution in [0.4, 0.5) is 0 Å². The van der Waals surface area contributed by atoms with Gasteiger partial charge in [-0.1, -0.05) is 23.9 Å². The molecule has 10 heteroatoms. The molecule has 0 aliphatic rings. The van der Waals surface area contributed by atoms with E-state index in [1.165, 1.54) is 30.2 Å². The fourth-order valence-corrected chi connectivity index (χ4v) is 4.47. The largest absolute Gasteiger partial charge is 0.416 e. The Morgan fingerprint density at radius 3 is 2.77 bits per heavy atom. The third-order valence-corrected chi connectivity index (χ3v) is 7.01. The molecule has 138 valence electrons. The second-order valence-electron chi connectivity index (χ2n) is 5.72. The summed E-state index contributed by atoms with van der Waals surface area (Å²) in [6, 6.07) is 6.86. The number of thiazole rings is 1. The second kappa shape index (κ2) is 7.87. The van der Waals surface area contributed by atoms with E-state index in [9.17, 15) is 8.42 Å². The summed E-state index contributed by atoms with van der Waals surface area (Å²) >= 11 is 2.96. The maximum Gasteiger partial charge on any atom is 0.276 e. The molecule has 2 heterocycles. The molecule has 0 spiro atoms. The van der Waals surface area contributed by atoms with Gasteiger partial charge in [-0.05, 0) is 24.6 Å². The Hall–Kier alpha value is -1.75. The topological polar surface area (TPSA) is 89.2 Å². The van der Waals surface area contributed by atoms with Crippen LogP contribution in [0.25, 0.3) is 0 Å². The maximum absolute atomic E-state index is 12.2. The summed E-state index contributed by atoms with van der Waals surface area (Å²) in [5, 5.41) is 11.5. The van der Waals surface area contributed by atoms with Crippen molar-refractivity contribution < 1.29 is 12.8 Å². The highest BCUT2D eigenvalue weighted by atomic mass is 32.2. The summed E-state index contributed by atoms with van der Waals surface area (Å²) in [5.41, 5.74) is 1.78. The van der Waals surface area contributed by atoms with Crippen LogP contribution in [0.15, 0.2) is 44.2 Å². The van der Waals surface area contributed by atoms with E-state index in [1.807, 2.05) is 18.4 Å². The molecule has 2 aromatic heterocycles. The van der Waals surface area contributed by atoms with Gasteiger partial charge in [0.1, 0.15) is 0 Å². The minimum atomic E-state index is -3.44. The smallest absolute Gasteiger partial charge is 0.276 e. The van der Waals surface area contributed by atoms with Crippen molar-refractivity contribution >= 4 is 33.1 Å². The van der Waals surface area contributed by atoms with Crippen molar-refractivity contribution in [2.24, 2.45) is 0 Å². The quantitative estimate of drug-likeness (QED) is 0.553. The SMILES string of the molecule is Cc1nc(Cc2nnc(SCc3cccc(S(=O)(=O)N(C)C)c3)o2)cs1. The number of hydrogen-bond donors (Lipinski definition) is 0. The normalized spacial score (nSPS) is 12.0. The first-order chi connectivity index (χ1) is 12.3. The molecule has 0 aliphatic carbocycles. The number of hydrogen-bond acceptors (Lipinski definition) is 8. The first-order valence-corrected chi connectivity index (χ1v) is 11.0. The molecule has 0 fully saturated rings. The summed E-state index contributed by atoms with van der Waals surface area (Å²) in [4.78, 5) is 4.65. The number of nitrogens with zero attached hydrogens (tertiary/aromatic N) is 4. The van der Waals surface area contributed by atoms with Crippen molar-refractivity contribution in [2.75, 3.05) is 14.1 Å². The van der Waals surface area contributed by atoms with Gasteiger partial charge in [0.25, 0.3) is 5.22 Å². The van der Waals surface area contributed by atoms with E-state index in [0.717, 1.165) is 16.3 Å². The van der Waals surface area contributed by atoms with Crippen LogP contribution < -0.4 is 0 Å². The maximum atomic E-state index is 12.2. The fraction of sp³-hybridized carbons (Fsp3) is 0.312. The Bertz CT molecular complexity index is 996. The van der Waals surface area contributed by atoms with Gasteiger partial charge < -0.3 is 4.42 Å². The van der Waals surface area contributed by atoms with Crippen LogP contribution in [0.3, 0.4) is 0 Å². The average Bonchev–Trinajstić information content (AvgIpc) is 3.22. The molecular formula is C16H18N4O3S3. The molecule has 3 rings (SSSR count). The molecule has 0 bridgehead atoms. The number of aryl methyl sites for hydroxylation is 1. The molecular weight excluding hydrogens is 392 g/mol. The van der Waals surface area contributed by atoms with E-state index in [0.29, 0.717) is 23.3 Å². The third-order valence-electron chi connectivity index (χ3n) is 3.49. The Balaban J connectivity index is 1.65. The van der Waals surface area contributed by atoms with Crippen LogP contribution in [0.5, 0.6) is 0 Å². The summed E-state index contributed by atoms with van der Waals surface area (Å²) in [6.45, 7) is 1.95. The van der Waals surface area contributed by atoms with Crippen molar-refractivity contribution in [1.29, 1.82) is 0 Å². The first-order valence-electron chi connectivity index (χ1n) is 7.72. The molecule has 3 aromatic rings. The highest BCUT2D eigenvalue weighted by Crippen LogP contribution is 2.24. The fourth-order valence-electron chi connectivity index (χ4n) is 2.16. The molecule has 0 aliphatic heterocycles. The lowest BCUT2D eigenvalue weighted by atomic mass is 10.2. The van der Waals surface area contributed by atoms with Crippen LogP contribution in [-0.4, -0.2) is 42.0 Å². The summed E-state index contributed by atoms with van der Waals surface area (Å²) in [5.74, 6) is 1.05. The zero-order valence-corrected chi connectivity index (χ0v) is 17.0. The van der Waals surface area contributed by atoms with Gasteiger partial charge in [-0.3, -0.25) is 0 Å². The van der Waals surface area contributed by atoms with Gasteiger partial charge in [-0.15, -0.1) is 21.5 Å². The molecule has 0 unspecified atom stereocenters. The number of benzene rings is 1. The average molecular weight is 411 g/mol. The molecule has 0 N–H and O–H groups in total. The van der Waals surface area contributed by atoms with E-state index in [-0.39, 0.29) is 4.90 Å². The lowest BCUT2D eigenvalue weighted by Crippen LogP contribution is -2.22. The second-order valence-corrected chi connectivity index (χ2v) is 9.86. The standard InChI is InChI=1S/C16H18N4O3S3/c1-11-17-13(10-24-11)8-15-18-19-16(23-15)25-9-12-5-4-6-14(7-12)26(21,22)20(2)3/h4-7,10H,8-9H2,1-3H3. The molecule has 0 saturated carbocycles. The minimum Gasteiger partial charge on any atom is -0.416 e. The van der Waals surface area contributed by atoms with Gasteiger partial charge >= 0.3 is 0 Å². The Kier molecular flexibility index (Phi) is 5.76. The lowest BCUT2D eigenvalue weighted by Gasteiger charge is -2.11. The van der Waals surface area contributed by atoms with Crippen molar-refractivity contribution in [1.82, 2.24) is 19.5 Å². The van der Waals surface area contributed by atoms with E-state index >= 15 is 0 Å². The van der Waals surface area contributed by atoms with Gasteiger partial charge in [0.2, 0.25) is 15.9 Å². The lowest BCUT2D eigenvalue weighted by molar-refractivity contribution is 0.419. The zero-order valence-electron chi connectivity index (χ0n) is 14.5. The summed E-state index contributed by atoms with van der Waals surface area (Å²) in [6.07, 6.45) is 0.508. The Labute approximate surface area is 160 Å². The Morgan fingerprint density at radius 1 is 1.27 bits per heavy atom. The highest BCUT2D eigenvalue weighted by Gasteiger charge is 2.17. The van der Waals surface area contributed by atoms with Crippen LogP contribution >= 0.6 is 23.1 Å². The van der Waals surface area contributed by atoms with Crippen molar-refractivity contribution in [3.05, 3.63) is 51.8 Å². The van der Waals surface area contributed by atoms with Crippen LogP contribution in [0.1, 0.15) is 22.2 Å². The molecule has 0 atom stereocenters. The Morgan fingerprint density at radius 2 is 2.08 bits per heavy atom. The predicted octanol–water partition coefficient (Wildman–Crippen LogP) is 2.97. The van der Waals surface area contributed by atoms with E-state index in [4.69, 9.17) is 4.42 Å². The summed E-state index contributed by atoms with van der Waals surface area (Å²) in [7, 11) is -0.415. The minimum absolute atomic E-state index is 0.269. The van der Waals surface area contributed by atoms with Gasteiger partial charge in [-0.25, -0.2) is 17.7 Å². The van der Waals surface area contributed by atoms with Gasteiger partial charge in [0, 0.05) is 25.2 Å². The first kappa shape index (κ1) is 19.0. The van der Waals surface area contributed by atoms with E-state index < -0.39 is 10.0 Å². The van der Waals surface area contributed by atoms with Crippen LogP contribution in [0.2, 0.25) is 0 Å². The number of sulfonamides is 1. The van der Waals surface area contributed by atoms with Gasteiger partial charge in [0.05, 0.1) is 22.0 Å². The van der Waals surface area contributed by atoms with Crippen molar-refractivity contribution in [3.63, 3.8) is 0 Å². The molecule has 0 radical (unpaired) electrons. The third kappa shape index (κ3) is 4.50. The molecule has 1 aromatic carbocycles. The molecule has 0 saturated heterocycles. The number of rotatable bonds is 7. The van der Waals surface area contributed by atoms with Crippen molar-refractivity contribution in [2.45, 2.75) is 29.2 Å². The molecule has 0 amide bonds. The number of thioether (sulfide) groups is 1. The van der Waals surface area contributed by atoms with E-state index in [2.05, 4.69) is 15.2 Å². The van der Waals surface area contributed by atoms with Crippen LogP contribution in [0, 0.1) is 6.92 Å². The summed E-state index contributed by atoms with van der Waals surface area (Å²) < 4.78 is 31.3. The van der Waals surface area contributed by atoms with Gasteiger partial charge in [-0.2, -0.15) is 0 Å². The number of aromatic nitrogens is 3. The predicted molar refractivity (Wildman–Crippen MR) is 101 cm³/mol. The van der Waals surface area contributed by atoms with E-state index in [1.54, 1.807) is 29.5 Å². The van der Waals surface area contributed by atoms with Gasteiger partial charge in [0.15, 0.2) is 0 Å². The molecule has 26 heavy (non-hydrogen) atoms. The molecule has 7 nitrogen and oxygen atoms in total.